The van der Waals surface area contributed by atoms with Crippen LogP contribution in [0.4, 0.5) is 11.4 Å². The van der Waals surface area contributed by atoms with Crippen LogP contribution in [0, 0.1) is 0 Å². The molecule has 180 valence electrons. The van der Waals surface area contributed by atoms with Crippen LogP contribution in [0.1, 0.15) is 27.9 Å². The number of tetrazole rings is 1. The quantitative estimate of drug-likeness (QED) is 0.347. The minimum atomic E-state index is -0.477. The largest absolute Gasteiger partial charge is 0.321 e. The summed E-state index contributed by atoms with van der Waals surface area (Å²) in [6, 6.07) is 20.1. The van der Waals surface area contributed by atoms with Crippen LogP contribution in [0.2, 0.25) is 0 Å². The number of aromatic nitrogens is 8. The van der Waals surface area contributed by atoms with Crippen LogP contribution in [0.3, 0.4) is 0 Å². The van der Waals surface area contributed by atoms with Gasteiger partial charge in [0.05, 0.1) is 5.69 Å². The van der Waals surface area contributed by atoms with E-state index in [1.165, 1.54) is 9.48 Å². The normalized spacial score (nSPS) is 10.8. The minimum Gasteiger partial charge on any atom is -0.321 e. The van der Waals surface area contributed by atoms with Gasteiger partial charge in [-0.25, -0.2) is 4.68 Å². The highest BCUT2D eigenvalue weighted by Gasteiger charge is 2.20. The molecule has 0 saturated carbocycles. The van der Waals surface area contributed by atoms with E-state index in [0.717, 1.165) is 5.56 Å². The number of amides is 2. The summed E-state index contributed by atoms with van der Waals surface area (Å²) >= 11 is 0. The van der Waals surface area contributed by atoms with Crippen LogP contribution < -0.4 is 10.6 Å². The molecule has 0 aliphatic rings. The molecule has 5 aromatic rings. The summed E-state index contributed by atoms with van der Waals surface area (Å²) in [5, 5.41) is 26.6. The molecule has 3 aromatic heterocycles. The molecule has 36 heavy (non-hydrogen) atoms. The van der Waals surface area contributed by atoms with E-state index in [4.69, 9.17) is 0 Å². The minimum absolute atomic E-state index is 0.105. The summed E-state index contributed by atoms with van der Waals surface area (Å²) in [7, 11) is 0. The predicted octanol–water partition coefficient (Wildman–Crippen LogP) is 2.76. The Morgan fingerprint density at radius 1 is 0.833 bits per heavy atom. The van der Waals surface area contributed by atoms with Gasteiger partial charge in [-0.05, 0) is 30.3 Å². The maximum absolute atomic E-state index is 12.9. The van der Waals surface area contributed by atoms with E-state index in [-0.39, 0.29) is 23.7 Å². The predicted molar refractivity (Wildman–Crippen MR) is 131 cm³/mol. The Kier molecular flexibility index (Phi) is 6.30. The molecular weight excluding hydrogens is 460 g/mol. The molecule has 0 saturated heterocycles. The van der Waals surface area contributed by atoms with Gasteiger partial charge in [0.2, 0.25) is 5.82 Å². The van der Waals surface area contributed by atoms with E-state index in [1.54, 1.807) is 35.3 Å². The third kappa shape index (κ3) is 5.01. The Labute approximate surface area is 205 Å². The van der Waals surface area contributed by atoms with Crippen LogP contribution >= 0.6 is 0 Å². The summed E-state index contributed by atoms with van der Waals surface area (Å²) in [5.74, 6) is -0.412. The molecule has 0 atom stereocenters. The van der Waals surface area contributed by atoms with Gasteiger partial charge in [-0.1, -0.05) is 48.5 Å². The smallest absolute Gasteiger partial charge is 0.278 e. The third-order valence-corrected chi connectivity index (χ3v) is 5.21. The highest BCUT2D eigenvalue weighted by Crippen LogP contribution is 2.18. The van der Waals surface area contributed by atoms with Crippen molar-refractivity contribution in [1.29, 1.82) is 0 Å². The molecule has 2 amide bonds. The fourth-order valence-corrected chi connectivity index (χ4v) is 3.44. The van der Waals surface area contributed by atoms with Crippen molar-refractivity contribution in [2.45, 2.75) is 20.1 Å². The molecule has 12 heteroatoms. The van der Waals surface area contributed by atoms with Crippen LogP contribution in [0.25, 0.3) is 11.4 Å². The van der Waals surface area contributed by atoms with Crippen molar-refractivity contribution in [2.24, 2.45) is 0 Å². The first-order chi connectivity index (χ1) is 17.6. The Bertz CT molecular complexity index is 1490. The molecule has 2 aromatic carbocycles. The van der Waals surface area contributed by atoms with Gasteiger partial charge < -0.3 is 10.6 Å². The lowest BCUT2D eigenvalue weighted by atomic mass is 10.2. The zero-order valence-corrected chi connectivity index (χ0v) is 19.3. The molecule has 0 spiro atoms. The summed E-state index contributed by atoms with van der Waals surface area (Å²) < 4.78 is 3.10. The average molecular weight is 483 g/mol. The first-order valence-electron chi connectivity index (χ1n) is 11.2. The monoisotopic (exact) mass is 482 g/mol. The molecule has 0 bridgehead atoms. The molecule has 0 fully saturated rings. The number of anilines is 2. The second-order valence-electron chi connectivity index (χ2n) is 7.75. The SMILES string of the molecule is CCn1cc(NC(=O)c2ccn(Cn3nnc(-c4ccccc4)n3)n2)c(C(=O)Nc2ccccc2)n1. The summed E-state index contributed by atoms with van der Waals surface area (Å²) in [6.45, 7) is 2.60. The van der Waals surface area contributed by atoms with E-state index in [1.807, 2.05) is 55.5 Å². The Morgan fingerprint density at radius 2 is 1.58 bits per heavy atom. The standard InChI is InChI=1S/C24H22N10O2/c1-2-32-15-20(21(29-32)24(36)25-18-11-7-4-8-12-18)26-23(35)19-13-14-33(28-19)16-34-30-22(27-31-34)17-9-5-3-6-10-17/h3-15H,2,16H2,1H3,(H,25,36)(H,26,35). The number of nitrogens with one attached hydrogen (secondary N) is 2. The van der Waals surface area contributed by atoms with Gasteiger partial charge in [0.25, 0.3) is 11.8 Å². The van der Waals surface area contributed by atoms with Gasteiger partial charge in [-0.3, -0.25) is 14.3 Å². The second-order valence-corrected chi connectivity index (χ2v) is 7.75. The first-order valence-corrected chi connectivity index (χ1v) is 11.2. The number of para-hydroxylation sites is 1. The van der Waals surface area contributed by atoms with Crippen molar-refractivity contribution in [3.05, 3.63) is 90.5 Å². The van der Waals surface area contributed by atoms with Crippen molar-refractivity contribution in [3.8, 4) is 11.4 Å². The number of hydrogen-bond donors (Lipinski definition) is 2. The molecule has 0 radical (unpaired) electrons. The Balaban J connectivity index is 1.28. The van der Waals surface area contributed by atoms with E-state index >= 15 is 0 Å². The maximum Gasteiger partial charge on any atom is 0.278 e. The summed E-state index contributed by atoms with van der Waals surface area (Å²) in [4.78, 5) is 27.1. The topological polar surface area (TPSA) is 137 Å². The first kappa shape index (κ1) is 22.7. The van der Waals surface area contributed by atoms with Crippen molar-refractivity contribution in [1.82, 2.24) is 39.8 Å². The number of carbonyl (C=O) groups excluding carboxylic acids is 2. The lowest BCUT2D eigenvalue weighted by Crippen LogP contribution is -2.19. The third-order valence-electron chi connectivity index (χ3n) is 5.21. The maximum atomic E-state index is 12.9. The molecule has 2 N–H and O–H groups in total. The molecule has 0 aliphatic carbocycles. The zero-order chi connectivity index (χ0) is 24.9. The number of rotatable bonds is 8. The van der Waals surface area contributed by atoms with Crippen molar-refractivity contribution in [3.63, 3.8) is 0 Å². The van der Waals surface area contributed by atoms with Crippen LogP contribution in [0.15, 0.2) is 79.1 Å². The molecular formula is C24H22N10O2. The van der Waals surface area contributed by atoms with Crippen LogP contribution in [-0.4, -0.2) is 51.6 Å². The average Bonchev–Trinajstić information content (AvgIpc) is 3.66. The van der Waals surface area contributed by atoms with Gasteiger partial charge in [0, 0.05) is 30.2 Å². The van der Waals surface area contributed by atoms with E-state index in [2.05, 4.69) is 36.2 Å². The van der Waals surface area contributed by atoms with Crippen LogP contribution in [0.5, 0.6) is 0 Å². The van der Waals surface area contributed by atoms with Crippen molar-refractivity contribution in [2.75, 3.05) is 10.6 Å². The molecule has 0 unspecified atom stereocenters. The van der Waals surface area contributed by atoms with Crippen molar-refractivity contribution < 1.29 is 9.59 Å². The molecule has 12 nitrogen and oxygen atoms in total. The number of hydrogen-bond acceptors (Lipinski definition) is 7. The van der Waals surface area contributed by atoms with Gasteiger partial charge in [0.15, 0.2) is 18.1 Å². The highest BCUT2D eigenvalue weighted by molar-refractivity contribution is 6.11. The number of benzene rings is 2. The second kappa shape index (κ2) is 10.0. The number of carbonyl (C=O) groups is 2. The van der Waals surface area contributed by atoms with Gasteiger partial charge in [-0.2, -0.15) is 10.2 Å². The molecule has 3 heterocycles. The number of nitrogens with zero attached hydrogens (tertiary/aromatic N) is 8. The zero-order valence-electron chi connectivity index (χ0n) is 19.3. The van der Waals surface area contributed by atoms with Crippen molar-refractivity contribution >= 4 is 23.2 Å². The van der Waals surface area contributed by atoms with Gasteiger partial charge >= 0.3 is 0 Å². The summed E-state index contributed by atoms with van der Waals surface area (Å²) in [6.07, 6.45) is 3.25. The van der Waals surface area contributed by atoms with E-state index in [0.29, 0.717) is 18.1 Å². The lowest BCUT2D eigenvalue weighted by molar-refractivity contribution is 0.102. The lowest BCUT2D eigenvalue weighted by Gasteiger charge is -2.05. The van der Waals surface area contributed by atoms with Gasteiger partial charge in [0.1, 0.15) is 0 Å². The fourth-order valence-electron chi connectivity index (χ4n) is 3.44. The molecule has 0 aliphatic heterocycles. The highest BCUT2D eigenvalue weighted by atomic mass is 16.2. The fraction of sp³-hybridized carbons (Fsp3) is 0.125. The Hall–Kier alpha value is -5.13. The summed E-state index contributed by atoms with van der Waals surface area (Å²) in [5.41, 5.74) is 2.03. The van der Waals surface area contributed by atoms with E-state index < -0.39 is 11.8 Å². The molecule has 5 rings (SSSR count). The van der Waals surface area contributed by atoms with E-state index in [9.17, 15) is 9.59 Å². The van der Waals surface area contributed by atoms with Crippen LogP contribution in [-0.2, 0) is 13.2 Å². The van der Waals surface area contributed by atoms with Gasteiger partial charge in [-0.15, -0.1) is 15.0 Å². The number of aryl methyl sites for hydroxylation is 1. The Morgan fingerprint density at radius 3 is 2.33 bits per heavy atom.